The van der Waals surface area contributed by atoms with Crippen LogP contribution in [0, 0.1) is 18.7 Å². The molecule has 248 valence electrons. The third-order valence-corrected chi connectivity index (χ3v) is 9.92. The van der Waals surface area contributed by atoms with Crippen LogP contribution in [-0.4, -0.2) is 51.4 Å². The van der Waals surface area contributed by atoms with Gasteiger partial charge in [-0.05, 0) is 82.4 Å². The number of carbonyl (C=O) groups excluding carboxylic acids is 2. The molecule has 8 nitrogen and oxygen atoms in total. The minimum atomic E-state index is -4.30. The lowest BCUT2D eigenvalue weighted by molar-refractivity contribution is -0.140. The fraction of sp³-hybridized carbons (Fsp3) is 0.278. The second kappa shape index (κ2) is 16.1. The highest BCUT2D eigenvalue weighted by Crippen LogP contribution is 2.31. The van der Waals surface area contributed by atoms with Crippen LogP contribution >= 0.6 is 15.9 Å². The number of hydrogen-bond donors (Lipinski definition) is 1. The van der Waals surface area contributed by atoms with Gasteiger partial charge in [0.25, 0.3) is 10.0 Å². The number of hydrogen-bond acceptors (Lipinski definition) is 5. The molecule has 11 heteroatoms. The number of halogens is 2. The number of nitrogens with one attached hydrogen (secondary N) is 1. The molecule has 0 spiro atoms. The number of methoxy groups -OCH3 is 1. The molecule has 4 rings (SSSR count). The minimum Gasteiger partial charge on any atom is -0.496 e. The Balaban J connectivity index is 1.80. The largest absolute Gasteiger partial charge is 0.496 e. The van der Waals surface area contributed by atoms with Gasteiger partial charge >= 0.3 is 0 Å². The number of aryl methyl sites for hydroxylation is 1. The monoisotopic (exact) mass is 723 g/mol. The van der Waals surface area contributed by atoms with Crippen molar-refractivity contribution in [1.29, 1.82) is 0 Å². The molecule has 2 amide bonds. The summed E-state index contributed by atoms with van der Waals surface area (Å²) in [5.41, 5.74) is 2.59. The summed E-state index contributed by atoms with van der Waals surface area (Å²) < 4.78 is 49.2. The van der Waals surface area contributed by atoms with Crippen LogP contribution in [-0.2, 0) is 32.6 Å². The summed E-state index contributed by atoms with van der Waals surface area (Å²) in [4.78, 5) is 29.7. The molecular formula is C36H39BrFN3O5S. The first-order chi connectivity index (χ1) is 22.4. The average molecular weight is 725 g/mol. The Morgan fingerprint density at radius 2 is 1.57 bits per heavy atom. The highest BCUT2D eigenvalue weighted by atomic mass is 79.9. The average Bonchev–Trinajstić information content (AvgIpc) is 3.05. The van der Waals surface area contributed by atoms with Crippen LogP contribution in [0.15, 0.2) is 106 Å². The first-order valence-electron chi connectivity index (χ1n) is 15.2. The maximum absolute atomic E-state index is 14.5. The standard InChI is InChI=1S/C36H39BrFN3O5S/c1-25(2)22-39-36(43)33(20-27-8-6-5-7-9-27)40(23-28-12-14-29(38)15-13-28)35(42)24-41(30-16-10-26(3)11-17-30)47(44,45)31-18-19-34(46-4)32(37)21-31/h5-19,21,25,33H,20,22-24H2,1-4H3,(H,39,43)/t33-/m0/s1. The van der Waals surface area contributed by atoms with E-state index in [2.05, 4.69) is 21.2 Å². The van der Waals surface area contributed by atoms with Crippen LogP contribution in [0.5, 0.6) is 5.75 Å². The molecule has 0 aliphatic carbocycles. The van der Waals surface area contributed by atoms with E-state index in [0.717, 1.165) is 15.4 Å². The second-order valence-corrected chi connectivity index (χ2v) is 14.4. The van der Waals surface area contributed by atoms with Gasteiger partial charge < -0.3 is 15.0 Å². The molecule has 0 fully saturated rings. The molecule has 0 bridgehead atoms. The molecule has 0 aromatic heterocycles. The van der Waals surface area contributed by atoms with Crippen molar-refractivity contribution in [3.63, 3.8) is 0 Å². The molecule has 0 saturated carbocycles. The molecule has 0 heterocycles. The van der Waals surface area contributed by atoms with Crippen LogP contribution in [0.3, 0.4) is 0 Å². The van der Waals surface area contributed by atoms with Gasteiger partial charge in [-0.3, -0.25) is 13.9 Å². The van der Waals surface area contributed by atoms with Crippen molar-refractivity contribution in [3.8, 4) is 5.75 Å². The van der Waals surface area contributed by atoms with Gasteiger partial charge in [0, 0.05) is 19.5 Å². The lowest BCUT2D eigenvalue weighted by atomic mass is 10.0. The topological polar surface area (TPSA) is 96.0 Å². The minimum absolute atomic E-state index is 0.0540. The Morgan fingerprint density at radius 1 is 0.915 bits per heavy atom. The maximum atomic E-state index is 14.5. The number of ether oxygens (including phenoxy) is 1. The van der Waals surface area contributed by atoms with Crippen molar-refractivity contribution in [2.24, 2.45) is 5.92 Å². The van der Waals surface area contributed by atoms with E-state index in [-0.39, 0.29) is 35.4 Å². The smallest absolute Gasteiger partial charge is 0.264 e. The summed E-state index contributed by atoms with van der Waals surface area (Å²) in [7, 11) is -2.82. The highest BCUT2D eigenvalue weighted by molar-refractivity contribution is 9.10. The number of rotatable bonds is 14. The predicted octanol–water partition coefficient (Wildman–Crippen LogP) is 6.51. The van der Waals surface area contributed by atoms with E-state index in [1.54, 1.807) is 36.4 Å². The van der Waals surface area contributed by atoms with Crippen molar-refractivity contribution in [2.75, 3.05) is 24.5 Å². The second-order valence-electron chi connectivity index (χ2n) is 11.6. The molecule has 1 N–H and O–H groups in total. The Kier molecular flexibility index (Phi) is 12.2. The van der Waals surface area contributed by atoms with E-state index < -0.39 is 34.3 Å². The van der Waals surface area contributed by atoms with E-state index >= 15 is 0 Å². The quantitative estimate of drug-likeness (QED) is 0.160. The highest BCUT2D eigenvalue weighted by Gasteiger charge is 2.35. The molecule has 4 aromatic carbocycles. The zero-order chi connectivity index (χ0) is 34.1. The summed E-state index contributed by atoms with van der Waals surface area (Å²) in [5, 5.41) is 2.96. The SMILES string of the molecule is COc1ccc(S(=O)(=O)N(CC(=O)N(Cc2ccc(F)cc2)[C@@H](Cc2ccccc2)C(=O)NCC(C)C)c2ccc(C)cc2)cc1Br. The summed E-state index contributed by atoms with van der Waals surface area (Å²) in [6.07, 6.45) is 0.181. The number of nitrogens with zero attached hydrogens (tertiary/aromatic N) is 2. The van der Waals surface area contributed by atoms with E-state index in [1.165, 1.54) is 42.3 Å². The lowest BCUT2D eigenvalue weighted by Crippen LogP contribution is -2.53. The van der Waals surface area contributed by atoms with Crippen LogP contribution in [0.25, 0.3) is 0 Å². The van der Waals surface area contributed by atoms with Crippen molar-refractivity contribution in [3.05, 3.63) is 124 Å². The summed E-state index contributed by atoms with van der Waals surface area (Å²) in [6.45, 7) is 5.55. The first-order valence-corrected chi connectivity index (χ1v) is 17.4. The number of sulfonamides is 1. The third kappa shape index (κ3) is 9.42. The maximum Gasteiger partial charge on any atom is 0.264 e. The van der Waals surface area contributed by atoms with Gasteiger partial charge in [-0.1, -0.05) is 74.0 Å². The molecular weight excluding hydrogens is 685 g/mol. The third-order valence-electron chi connectivity index (χ3n) is 7.53. The zero-order valence-corrected chi connectivity index (χ0v) is 29.2. The van der Waals surface area contributed by atoms with E-state index in [0.29, 0.717) is 22.3 Å². The van der Waals surface area contributed by atoms with Gasteiger partial charge in [0.05, 0.1) is 22.2 Å². The number of carbonyl (C=O) groups is 2. The van der Waals surface area contributed by atoms with E-state index in [9.17, 15) is 22.4 Å². The lowest BCUT2D eigenvalue weighted by Gasteiger charge is -2.34. The van der Waals surface area contributed by atoms with Gasteiger partial charge in [0.15, 0.2) is 0 Å². The van der Waals surface area contributed by atoms with Crippen LogP contribution in [0.1, 0.15) is 30.5 Å². The normalized spacial score (nSPS) is 12.0. The van der Waals surface area contributed by atoms with Crippen molar-refractivity contribution in [1.82, 2.24) is 10.2 Å². The molecule has 0 unspecified atom stereocenters. The Labute approximate surface area is 284 Å². The van der Waals surface area contributed by atoms with Gasteiger partial charge in [-0.15, -0.1) is 0 Å². The fourth-order valence-corrected chi connectivity index (χ4v) is 7.07. The first kappa shape index (κ1) is 35.6. The van der Waals surface area contributed by atoms with Crippen LogP contribution < -0.4 is 14.4 Å². The summed E-state index contributed by atoms with van der Waals surface area (Å²) >= 11 is 3.37. The molecule has 1 atom stereocenters. The molecule has 47 heavy (non-hydrogen) atoms. The molecule has 4 aromatic rings. The summed E-state index contributed by atoms with van der Waals surface area (Å²) in [5.74, 6) is -0.815. The zero-order valence-electron chi connectivity index (χ0n) is 26.8. The predicted molar refractivity (Wildman–Crippen MR) is 185 cm³/mol. The fourth-order valence-electron chi connectivity index (χ4n) is 4.94. The van der Waals surface area contributed by atoms with Crippen molar-refractivity contribution < 1.29 is 27.1 Å². The van der Waals surface area contributed by atoms with Gasteiger partial charge in [-0.2, -0.15) is 0 Å². The van der Waals surface area contributed by atoms with Crippen molar-refractivity contribution >= 4 is 43.5 Å². The molecule has 0 radical (unpaired) electrons. The summed E-state index contributed by atoms with van der Waals surface area (Å²) in [6, 6.07) is 25.1. The van der Waals surface area contributed by atoms with Gasteiger partial charge in [-0.25, -0.2) is 12.8 Å². The molecule has 0 aliphatic rings. The molecule has 0 aliphatic heterocycles. The van der Waals surface area contributed by atoms with Crippen molar-refractivity contribution in [2.45, 2.75) is 44.7 Å². The Bertz CT molecular complexity index is 1770. The number of amides is 2. The van der Waals surface area contributed by atoms with E-state index in [4.69, 9.17) is 4.74 Å². The van der Waals surface area contributed by atoms with Crippen LogP contribution in [0.4, 0.5) is 10.1 Å². The molecule has 0 saturated heterocycles. The Hall–Kier alpha value is -4.22. The Morgan fingerprint density at radius 3 is 2.17 bits per heavy atom. The van der Waals surface area contributed by atoms with Gasteiger partial charge in [0.2, 0.25) is 11.8 Å². The van der Waals surface area contributed by atoms with E-state index in [1.807, 2.05) is 51.1 Å². The van der Waals surface area contributed by atoms with Crippen LogP contribution in [0.2, 0.25) is 0 Å². The number of benzene rings is 4. The van der Waals surface area contributed by atoms with Gasteiger partial charge in [0.1, 0.15) is 24.2 Å². The number of anilines is 1.